The van der Waals surface area contributed by atoms with Crippen molar-refractivity contribution in [2.75, 3.05) is 19.8 Å². The van der Waals surface area contributed by atoms with Crippen LogP contribution >= 0.6 is 0 Å². The van der Waals surface area contributed by atoms with Gasteiger partial charge >= 0.3 is 43.5 Å². The lowest BCUT2D eigenvalue weighted by Crippen LogP contribution is -2.70. The van der Waals surface area contributed by atoms with Gasteiger partial charge in [0.25, 0.3) is 0 Å². The van der Waals surface area contributed by atoms with Gasteiger partial charge in [-0.1, -0.05) is 34.6 Å². The molecular formula is C18H46O8Si5. The van der Waals surface area contributed by atoms with Crippen LogP contribution in [0.3, 0.4) is 0 Å². The third-order valence-electron chi connectivity index (χ3n) is 5.47. The molecule has 1 heterocycles. The van der Waals surface area contributed by atoms with E-state index in [2.05, 4.69) is 40.8 Å². The van der Waals surface area contributed by atoms with Crippen LogP contribution in [0, 0.1) is 0 Å². The highest BCUT2D eigenvalue weighted by atomic mass is 28.5. The molecule has 1 aliphatic rings. The van der Waals surface area contributed by atoms with Gasteiger partial charge in [0.15, 0.2) is 0 Å². The molecule has 0 aromatic rings. The minimum absolute atomic E-state index is 0.474. The van der Waals surface area contributed by atoms with Crippen molar-refractivity contribution in [3.05, 3.63) is 0 Å². The maximum atomic E-state index is 6.83. The summed E-state index contributed by atoms with van der Waals surface area (Å²) in [5.41, 5.74) is 0. The standard InChI is InChI=1S/C18H46O8Si5/c1-11-19-29(16-6)23-27(9,14-4)22-28(10,15-5)24-30(17-7,20-12-2)26-31(18-8,25-29)21-13-3/h11-18H2,1-10H3. The zero-order chi connectivity index (χ0) is 23.8. The Labute approximate surface area is 195 Å². The van der Waals surface area contributed by atoms with Crippen molar-refractivity contribution < 1.29 is 33.9 Å². The lowest BCUT2D eigenvalue weighted by atomic mass is 10.9. The first-order valence-corrected chi connectivity index (χ1v) is 22.8. The van der Waals surface area contributed by atoms with E-state index in [9.17, 15) is 0 Å². The van der Waals surface area contributed by atoms with Gasteiger partial charge < -0.3 is 33.9 Å². The summed E-state index contributed by atoms with van der Waals surface area (Å²) < 4.78 is 53.0. The van der Waals surface area contributed by atoms with Gasteiger partial charge in [0.05, 0.1) is 0 Å². The van der Waals surface area contributed by atoms with Crippen LogP contribution in [0.15, 0.2) is 0 Å². The Bertz CT molecular complexity index is 511. The number of hydrogen-bond donors (Lipinski definition) is 0. The third kappa shape index (κ3) is 7.63. The van der Waals surface area contributed by atoms with Crippen LogP contribution < -0.4 is 0 Å². The molecule has 31 heavy (non-hydrogen) atoms. The first kappa shape index (κ1) is 29.8. The minimum atomic E-state index is -3.22. The van der Waals surface area contributed by atoms with Gasteiger partial charge in [0.1, 0.15) is 0 Å². The summed E-state index contributed by atoms with van der Waals surface area (Å²) in [6.45, 7) is 21.9. The summed E-state index contributed by atoms with van der Waals surface area (Å²) in [6, 6.07) is 3.38. The molecule has 0 saturated carbocycles. The summed E-state index contributed by atoms with van der Waals surface area (Å²) in [6.07, 6.45) is 0. The summed E-state index contributed by atoms with van der Waals surface area (Å²) in [5.74, 6) is 0. The Morgan fingerprint density at radius 1 is 0.419 bits per heavy atom. The van der Waals surface area contributed by atoms with E-state index in [1.165, 1.54) is 0 Å². The van der Waals surface area contributed by atoms with Crippen LogP contribution in [0.1, 0.15) is 55.4 Å². The molecule has 0 aromatic carbocycles. The fourth-order valence-electron chi connectivity index (χ4n) is 3.56. The monoisotopic (exact) mass is 530 g/mol. The van der Waals surface area contributed by atoms with E-state index < -0.39 is 43.5 Å². The number of hydrogen-bond acceptors (Lipinski definition) is 8. The Morgan fingerprint density at radius 3 is 0.935 bits per heavy atom. The van der Waals surface area contributed by atoms with Gasteiger partial charge in [-0.3, -0.25) is 0 Å². The second-order valence-electron chi connectivity index (χ2n) is 7.89. The van der Waals surface area contributed by atoms with Crippen LogP contribution in [-0.2, 0) is 33.9 Å². The molecule has 0 amide bonds. The molecule has 4 atom stereocenters. The normalized spacial score (nSPS) is 40.1. The van der Waals surface area contributed by atoms with Gasteiger partial charge in [-0.15, -0.1) is 0 Å². The molecular weight excluding hydrogens is 485 g/mol. The van der Waals surface area contributed by atoms with Crippen LogP contribution in [-0.4, -0.2) is 63.4 Å². The van der Waals surface area contributed by atoms with Gasteiger partial charge in [-0.05, 0) is 46.0 Å². The summed E-state index contributed by atoms with van der Waals surface area (Å²) in [5, 5.41) is 0. The van der Waals surface area contributed by atoms with E-state index in [0.717, 1.165) is 12.1 Å². The zero-order valence-electron chi connectivity index (χ0n) is 21.4. The van der Waals surface area contributed by atoms with E-state index in [1.807, 2.05) is 27.7 Å². The van der Waals surface area contributed by atoms with Gasteiger partial charge in [-0.2, -0.15) is 0 Å². The third-order valence-corrected chi connectivity index (χ3v) is 27.2. The minimum Gasteiger partial charge on any atom is -0.416 e. The molecule has 4 unspecified atom stereocenters. The smallest absolute Gasteiger partial charge is 0.416 e. The second kappa shape index (κ2) is 12.5. The predicted molar refractivity (Wildman–Crippen MR) is 133 cm³/mol. The van der Waals surface area contributed by atoms with Crippen molar-refractivity contribution >= 4 is 43.5 Å². The molecule has 0 N–H and O–H groups in total. The quantitative estimate of drug-likeness (QED) is 0.335. The molecule has 1 rings (SSSR count). The largest absolute Gasteiger partial charge is 0.485 e. The molecule has 1 aliphatic heterocycles. The van der Waals surface area contributed by atoms with Crippen LogP contribution in [0.4, 0.5) is 0 Å². The Balaban J connectivity index is 3.75. The van der Waals surface area contributed by atoms with E-state index in [-0.39, 0.29) is 0 Å². The molecule has 186 valence electrons. The molecule has 8 nitrogen and oxygen atoms in total. The average molecular weight is 531 g/mol. The van der Waals surface area contributed by atoms with Crippen LogP contribution in [0.5, 0.6) is 0 Å². The van der Waals surface area contributed by atoms with Crippen molar-refractivity contribution in [3.8, 4) is 0 Å². The van der Waals surface area contributed by atoms with E-state index in [4.69, 9.17) is 33.9 Å². The lowest BCUT2D eigenvalue weighted by Gasteiger charge is -2.49. The highest BCUT2D eigenvalue weighted by molar-refractivity contribution is 6.91. The van der Waals surface area contributed by atoms with E-state index in [1.54, 1.807) is 0 Å². The van der Waals surface area contributed by atoms with Gasteiger partial charge in [0, 0.05) is 38.0 Å². The highest BCUT2D eigenvalue weighted by Crippen LogP contribution is 2.38. The molecule has 0 spiro atoms. The van der Waals surface area contributed by atoms with Crippen LogP contribution in [0.2, 0.25) is 43.3 Å². The van der Waals surface area contributed by atoms with Gasteiger partial charge in [-0.25, -0.2) is 0 Å². The molecule has 1 fully saturated rings. The fourth-order valence-corrected chi connectivity index (χ4v) is 28.1. The van der Waals surface area contributed by atoms with E-state index in [0.29, 0.717) is 38.0 Å². The van der Waals surface area contributed by atoms with Crippen molar-refractivity contribution in [2.24, 2.45) is 0 Å². The highest BCUT2D eigenvalue weighted by Gasteiger charge is 2.63. The fraction of sp³-hybridized carbons (Fsp3) is 1.00. The van der Waals surface area contributed by atoms with Crippen LogP contribution in [0.25, 0.3) is 0 Å². The van der Waals surface area contributed by atoms with Crippen molar-refractivity contribution in [3.63, 3.8) is 0 Å². The lowest BCUT2D eigenvalue weighted by molar-refractivity contribution is 0.0573. The maximum Gasteiger partial charge on any atom is 0.485 e. The molecule has 0 aromatic heterocycles. The summed E-state index contributed by atoms with van der Waals surface area (Å²) in [4.78, 5) is 0. The first-order chi connectivity index (χ1) is 14.5. The summed E-state index contributed by atoms with van der Waals surface area (Å²) >= 11 is 0. The molecule has 0 aliphatic carbocycles. The zero-order valence-corrected chi connectivity index (χ0v) is 26.4. The number of rotatable bonds is 11. The topological polar surface area (TPSA) is 73.8 Å². The van der Waals surface area contributed by atoms with Crippen molar-refractivity contribution in [1.29, 1.82) is 0 Å². The molecule has 0 bridgehead atoms. The van der Waals surface area contributed by atoms with Crippen molar-refractivity contribution in [1.82, 2.24) is 0 Å². The molecule has 13 heteroatoms. The second-order valence-corrected chi connectivity index (χ2v) is 25.0. The van der Waals surface area contributed by atoms with Gasteiger partial charge in [0.2, 0.25) is 0 Å². The Morgan fingerprint density at radius 2 is 0.710 bits per heavy atom. The van der Waals surface area contributed by atoms with Crippen molar-refractivity contribution in [2.45, 2.75) is 98.7 Å². The Kier molecular flexibility index (Phi) is 12.0. The Hall–Kier alpha value is 0.764. The maximum absolute atomic E-state index is 6.83. The summed E-state index contributed by atoms with van der Waals surface area (Å²) in [7, 11) is -14.8. The average Bonchev–Trinajstić information content (AvgIpc) is 2.73. The molecule has 1 saturated heterocycles. The van der Waals surface area contributed by atoms with E-state index >= 15 is 0 Å². The predicted octanol–water partition coefficient (Wildman–Crippen LogP) is 5.25. The first-order valence-electron chi connectivity index (χ1n) is 11.9. The SMILES string of the molecule is CCO[Si]1(CC)O[Si](C)(CC)O[Si](C)(CC)O[Si](CC)(OCC)O[Si](CC)(OCC)O1. The molecule has 0 radical (unpaired) electrons.